The summed E-state index contributed by atoms with van der Waals surface area (Å²) < 4.78 is 1.92. The van der Waals surface area contributed by atoms with E-state index in [4.69, 9.17) is 15.3 Å². The Morgan fingerprint density at radius 1 is 1.12 bits per heavy atom. The average molecular weight is 339 g/mol. The Morgan fingerprint density at radius 3 is 2.12 bits per heavy atom. The maximum atomic E-state index is 12.9. The van der Waals surface area contributed by atoms with Gasteiger partial charge in [0.1, 0.15) is 11.9 Å². The fourth-order valence-electron chi connectivity index (χ4n) is 2.49. The van der Waals surface area contributed by atoms with E-state index in [9.17, 15) is 4.79 Å². The highest BCUT2D eigenvalue weighted by atomic mass is 16.9. The predicted octanol–water partition coefficient (Wildman–Crippen LogP) is 3.32. The van der Waals surface area contributed by atoms with E-state index in [0.717, 1.165) is 11.4 Å². The molecular formula is C18H17N3O4. The van der Waals surface area contributed by atoms with Gasteiger partial charge in [-0.15, -0.1) is 10.1 Å². The fraction of sp³-hybridized carbons (Fsp3) is 0.111. The van der Waals surface area contributed by atoms with Gasteiger partial charge in [0, 0.05) is 18.0 Å². The lowest BCUT2D eigenvalue weighted by atomic mass is 9.97. The monoisotopic (exact) mass is 339 g/mol. The van der Waals surface area contributed by atoms with Gasteiger partial charge >= 0.3 is 0 Å². The number of benzene rings is 2. The van der Waals surface area contributed by atoms with Gasteiger partial charge in [0.05, 0.1) is 0 Å². The summed E-state index contributed by atoms with van der Waals surface area (Å²) in [4.78, 5) is 25.6. The van der Waals surface area contributed by atoms with Crippen LogP contribution < -0.4 is 0 Å². The van der Waals surface area contributed by atoms with Crippen LogP contribution in [0.25, 0.3) is 0 Å². The van der Waals surface area contributed by atoms with Crippen LogP contribution in [0.3, 0.4) is 0 Å². The number of hydrogen-bond acceptors (Lipinski definition) is 4. The molecule has 3 aromatic rings. The first-order chi connectivity index (χ1) is 12.0. The molecule has 7 nitrogen and oxygen atoms in total. The van der Waals surface area contributed by atoms with E-state index in [1.807, 2.05) is 78.4 Å². The Balaban J connectivity index is 0.000000511. The first kappa shape index (κ1) is 17.9. The van der Waals surface area contributed by atoms with Crippen LogP contribution in [0.1, 0.15) is 27.8 Å². The number of aromatic nitrogens is 2. The maximum absolute atomic E-state index is 12.9. The van der Waals surface area contributed by atoms with E-state index in [2.05, 4.69) is 4.98 Å². The molecule has 0 saturated heterocycles. The second kappa shape index (κ2) is 8.39. The molecule has 0 aliphatic rings. The summed E-state index contributed by atoms with van der Waals surface area (Å²) in [5.74, 6) is 0.899. The van der Waals surface area contributed by atoms with E-state index in [1.165, 1.54) is 0 Å². The quantitative estimate of drug-likeness (QED) is 0.447. The molecule has 0 aliphatic heterocycles. The zero-order valence-corrected chi connectivity index (χ0v) is 13.5. The standard InChI is InChI=1S/C18H16N2O.HNO3/c1-14-19-12-13-20(14)17(15-8-4-2-5-9-15)18(21)16-10-6-3-7-11-16;2-1(3)4/h2-13,17H,1H3;(H,2,3,4). The van der Waals surface area contributed by atoms with Gasteiger partial charge in [0.15, 0.2) is 5.78 Å². The Hall–Kier alpha value is -3.48. The molecule has 0 radical (unpaired) electrons. The smallest absolute Gasteiger partial charge is 0.291 e. The summed E-state index contributed by atoms with van der Waals surface area (Å²) in [6.45, 7) is 1.91. The third-order valence-electron chi connectivity index (χ3n) is 3.56. The van der Waals surface area contributed by atoms with Crippen molar-refractivity contribution < 1.29 is 15.1 Å². The number of rotatable bonds is 4. The Morgan fingerprint density at radius 2 is 1.64 bits per heavy atom. The van der Waals surface area contributed by atoms with Crippen molar-refractivity contribution >= 4 is 5.78 Å². The summed E-state index contributed by atoms with van der Waals surface area (Å²) in [6.07, 6.45) is 3.58. The van der Waals surface area contributed by atoms with Crippen molar-refractivity contribution in [2.75, 3.05) is 0 Å². The van der Waals surface area contributed by atoms with Crippen LogP contribution in [-0.2, 0) is 0 Å². The molecule has 7 heteroatoms. The number of imidazole rings is 1. The molecule has 3 rings (SSSR count). The van der Waals surface area contributed by atoms with Crippen LogP contribution in [0.4, 0.5) is 0 Å². The van der Waals surface area contributed by atoms with Crippen LogP contribution >= 0.6 is 0 Å². The highest BCUT2D eigenvalue weighted by molar-refractivity contribution is 6.00. The van der Waals surface area contributed by atoms with Crippen LogP contribution in [0.15, 0.2) is 73.1 Å². The topological polar surface area (TPSA) is 98.3 Å². The minimum absolute atomic E-state index is 0.0721. The number of aryl methyl sites for hydroxylation is 1. The summed E-state index contributed by atoms with van der Waals surface area (Å²) in [7, 11) is 0. The first-order valence-electron chi connectivity index (χ1n) is 7.47. The minimum Gasteiger partial charge on any atom is -0.328 e. The molecule has 1 unspecified atom stereocenters. The van der Waals surface area contributed by atoms with Crippen molar-refractivity contribution in [2.45, 2.75) is 13.0 Å². The molecule has 0 saturated carbocycles. The molecule has 1 atom stereocenters. The second-order valence-electron chi connectivity index (χ2n) is 5.16. The number of nitrogens with zero attached hydrogens (tertiary/aromatic N) is 3. The Bertz CT molecular complexity index is 828. The van der Waals surface area contributed by atoms with Gasteiger partial charge in [-0.2, -0.15) is 0 Å². The molecule has 1 aromatic heterocycles. The lowest BCUT2D eigenvalue weighted by Gasteiger charge is -2.19. The number of hydrogen-bond donors (Lipinski definition) is 1. The number of carbonyl (C=O) groups is 1. The van der Waals surface area contributed by atoms with Crippen molar-refractivity contribution in [3.8, 4) is 0 Å². The molecule has 0 spiro atoms. The van der Waals surface area contributed by atoms with Crippen molar-refractivity contribution in [1.29, 1.82) is 0 Å². The van der Waals surface area contributed by atoms with E-state index in [1.54, 1.807) is 6.20 Å². The predicted molar refractivity (Wildman–Crippen MR) is 91.1 cm³/mol. The maximum Gasteiger partial charge on any atom is 0.291 e. The molecule has 2 aromatic carbocycles. The summed E-state index contributed by atoms with van der Waals surface area (Å²) in [5, 5.41) is 13.6. The fourth-order valence-corrected chi connectivity index (χ4v) is 2.49. The van der Waals surface area contributed by atoms with Gasteiger partial charge in [-0.05, 0) is 12.5 Å². The average Bonchev–Trinajstić information content (AvgIpc) is 3.02. The molecule has 128 valence electrons. The minimum atomic E-state index is -1.50. The molecular weight excluding hydrogens is 322 g/mol. The first-order valence-corrected chi connectivity index (χ1v) is 7.47. The van der Waals surface area contributed by atoms with Crippen molar-refractivity contribution in [3.05, 3.63) is 100 Å². The van der Waals surface area contributed by atoms with E-state index in [0.29, 0.717) is 5.56 Å². The van der Waals surface area contributed by atoms with Crippen LogP contribution in [0, 0.1) is 17.0 Å². The van der Waals surface area contributed by atoms with E-state index < -0.39 is 5.09 Å². The highest BCUT2D eigenvalue weighted by Crippen LogP contribution is 2.24. The van der Waals surface area contributed by atoms with E-state index in [-0.39, 0.29) is 11.8 Å². The molecule has 1 N–H and O–H groups in total. The van der Waals surface area contributed by atoms with Crippen LogP contribution in [-0.4, -0.2) is 25.6 Å². The van der Waals surface area contributed by atoms with Gasteiger partial charge in [0.25, 0.3) is 5.09 Å². The van der Waals surface area contributed by atoms with Crippen LogP contribution in [0.5, 0.6) is 0 Å². The number of ketones is 1. The molecule has 0 bridgehead atoms. The lowest BCUT2D eigenvalue weighted by molar-refractivity contribution is -0.742. The van der Waals surface area contributed by atoms with Gasteiger partial charge in [0.2, 0.25) is 0 Å². The summed E-state index contributed by atoms with van der Waals surface area (Å²) >= 11 is 0. The van der Waals surface area contributed by atoms with Crippen LogP contribution in [0.2, 0.25) is 0 Å². The molecule has 0 amide bonds. The summed E-state index contributed by atoms with van der Waals surface area (Å²) in [6, 6.07) is 18.8. The third kappa shape index (κ3) is 4.74. The van der Waals surface area contributed by atoms with Gasteiger partial charge < -0.3 is 9.77 Å². The van der Waals surface area contributed by atoms with Gasteiger partial charge in [-0.1, -0.05) is 60.7 Å². The van der Waals surface area contributed by atoms with E-state index >= 15 is 0 Å². The van der Waals surface area contributed by atoms with Crippen molar-refractivity contribution in [1.82, 2.24) is 9.55 Å². The van der Waals surface area contributed by atoms with Crippen molar-refractivity contribution in [3.63, 3.8) is 0 Å². The second-order valence-corrected chi connectivity index (χ2v) is 5.16. The molecule has 0 fully saturated rings. The molecule has 0 aliphatic carbocycles. The largest absolute Gasteiger partial charge is 0.328 e. The van der Waals surface area contributed by atoms with Crippen molar-refractivity contribution in [2.24, 2.45) is 0 Å². The summed E-state index contributed by atoms with van der Waals surface area (Å²) in [5.41, 5.74) is 1.67. The number of Topliss-reactive ketones (excluding diaryl/α,β-unsaturated/α-hetero) is 1. The highest BCUT2D eigenvalue weighted by Gasteiger charge is 2.24. The zero-order chi connectivity index (χ0) is 18.2. The molecule has 1 heterocycles. The third-order valence-corrected chi connectivity index (χ3v) is 3.56. The molecule has 25 heavy (non-hydrogen) atoms. The SMILES string of the molecule is Cc1nccn1C(C(=O)c1ccccc1)c1ccccc1.O=[N+]([O-])O. The normalized spacial score (nSPS) is 11.1. The lowest BCUT2D eigenvalue weighted by Crippen LogP contribution is -2.21. The number of carbonyl (C=O) groups excluding carboxylic acids is 1. The van der Waals surface area contributed by atoms with Gasteiger partial charge in [-0.3, -0.25) is 4.79 Å². The Labute approximate surface area is 144 Å². The Kier molecular flexibility index (Phi) is 6.00. The zero-order valence-electron chi connectivity index (χ0n) is 13.5. The van der Waals surface area contributed by atoms with Gasteiger partial charge in [-0.25, -0.2) is 4.98 Å².